The first kappa shape index (κ1) is 18.8. The fourth-order valence-corrected chi connectivity index (χ4v) is 5.78. The molecule has 0 radical (unpaired) electrons. The van der Waals surface area contributed by atoms with Crippen molar-refractivity contribution in [3.63, 3.8) is 0 Å². The zero-order chi connectivity index (χ0) is 19.7. The molecule has 1 unspecified atom stereocenters. The van der Waals surface area contributed by atoms with Crippen LogP contribution in [0, 0.1) is 0 Å². The van der Waals surface area contributed by atoms with Gasteiger partial charge in [-0.25, -0.2) is 12.7 Å². The quantitative estimate of drug-likeness (QED) is 0.773. The number of methoxy groups -OCH3 is 1. The van der Waals surface area contributed by atoms with Crippen molar-refractivity contribution in [3.8, 4) is 0 Å². The standard InChI is InChI=1S/C21H22N2O4S/c1-27-12-11-23-21(24)19(20(28(23,25)26)15-7-3-2-4-8-15)22-18-13-16-9-5-6-10-17(16)14-18/h2-10,18,20H,11-14H2,1H3. The highest BCUT2D eigenvalue weighted by molar-refractivity contribution is 7.91. The highest BCUT2D eigenvalue weighted by Crippen LogP contribution is 2.36. The van der Waals surface area contributed by atoms with Crippen LogP contribution in [0.15, 0.2) is 59.6 Å². The summed E-state index contributed by atoms with van der Waals surface area (Å²) in [7, 11) is -2.41. The van der Waals surface area contributed by atoms with Crippen molar-refractivity contribution in [2.75, 3.05) is 20.3 Å². The average Bonchev–Trinajstić information content (AvgIpc) is 3.17. The zero-order valence-corrected chi connectivity index (χ0v) is 16.4. The van der Waals surface area contributed by atoms with Crippen molar-refractivity contribution in [2.45, 2.75) is 24.1 Å². The van der Waals surface area contributed by atoms with Gasteiger partial charge in [-0.05, 0) is 29.5 Å². The van der Waals surface area contributed by atoms with Crippen LogP contribution in [0.5, 0.6) is 0 Å². The van der Waals surface area contributed by atoms with Crippen LogP contribution in [0.4, 0.5) is 0 Å². The Balaban J connectivity index is 1.74. The van der Waals surface area contributed by atoms with Gasteiger partial charge in [-0.2, -0.15) is 0 Å². The molecular weight excluding hydrogens is 376 g/mol. The topological polar surface area (TPSA) is 76.0 Å². The molecule has 7 heteroatoms. The Labute approximate surface area is 164 Å². The number of carbonyl (C=O) groups is 1. The highest BCUT2D eigenvalue weighted by Gasteiger charge is 2.51. The summed E-state index contributed by atoms with van der Waals surface area (Å²) < 4.78 is 32.3. The maximum absolute atomic E-state index is 13.2. The molecule has 0 saturated carbocycles. The Kier molecular flexibility index (Phi) is 5.03. The molecule has 0 aromatic heterocycles. The summed E-state index contributed by atoms with van der Waals surface area (Å²) in [5.41, 5.74) is 3.08. The Morgan fingerprint density at radius 3 is 2.25 bits per heavy atom. The molecule has 0 spiro atoms. The van der Waals surface area contributed by atoms with E-state index in [4.69, 9.17) is 4.74 Å². The molecule has 1 atom stereocenters. The summed E-state index contributed by atoms with van der Waals surface area (Å²) >= 11 is 0. The minimum atomic E-state index is -3.89. The molecule has 1 aliphatic heterocycles. The lowest BCUT2D eigenvalue weighted by Crippen LogP contribution is -2.34. The number of carbonyl (C=O) groups excluding carboxylic acids is 1. The molecule has 1 amide bonds. The molecule has 1 heterocycles. The van der Waals surface area contributed by atoms with Crippen LogP contribution in [-0.4, -0.2) is 50.6 Å². The second kappa shape index (κ2) is 7.48. The van der Waals surface area contributed by atoms with Gasteiger partial charge in [0.2, 0.25) is 0 Å². The van der Waals surface area contributed by atoms with Crippen LogP contribution in [0.1, 0.15) is 21.9 Å². The molecule has 1 saturated heterocycles. The van der Waals surface area contributed by atoms with E-state index in [2.05, 4.69) is 17.1 Å². The van der Waals surface area contributed by atoms with E-state index >= 15 is 0 Å². The van der Waals surface area contributed by atoms with Crippen molar-refractivity contribution >= 4 is 21.6 Å². The number of ether oxygens (including phenoxy) is 1. The predicted molar refractivity (Wildman–Crippen MR) is 107 cm³/mol. The molecule has 0 bridgehead atoms. The number of nitrogens with zero attached hydrogens (tertiary/aromatic N) is 2. The number of amides is 1. The van der Waals surface area contributed by atoms with E-state index in [9.17, 15) is 13.2 Å². The van der Waals surface area contributed by atoms with Gasteiger partial charge >= 0.3 is 0 Å². The Morgan fingerprint density at radius 1 is 1.04 bits per heavy atom. The van der Waals surface area contributed by atoms with E-state index in [-0.39, 0.29) is 24.9 Å². The second-order valence-corrected chi connectivity index (χ2v) is 8.99. The van der Waals surface area contributed by atoms with Crippen LogP contribution in [-0.2, 0) is 32.4 Å². The van der Waals surface area contributed by atoms with Crippen LogP contribution in [0.2, 0.25) is 0 Å². The molecular formula is C21H22N2O4S. The van der Waals surface area contributed by atoms with E-state index in [0.29, 0.717) is 18.4 Å². The van der Waals surface area contributed by atoms with Gasteiger partial charge in [-0.15, -0.1) is 0 Å². The zero-order valence-electron chi connectivity index (χ0n) is 15.6. The third-order valence-corrected chi connectivity index (χ3v) is 7.30. The van der Waals surface area contributed by atoms with Gasteiger partial charge in [0.15, 0.2) is 5.25 Å². The summed E-state index contributed by atoms with van der Waals surface area (Å²) in [6, 6.07) is 16.8. The SMILES string of the molecule is COCCN1C(=O)C(=NC2Cc3ccccc3C2)C(c2ccccc2)S1(=O)=O. The minimum Gasteiger partial charge on any atom is -0.383 e. The third kappa shape index (κ3) is 3.25. The summed E-state index contributed by atoms with van der Waals surface area (Å²) in [6.07, 6.45) is 1.43. The van der Waals surface area contributed by atoms with Gasteiger partial charge in [0.1, 0.15) is 5.71 Å². The first-order valence-corrected chi connectivity index (χ1v) is 10.8. The highest BCUT2D eigenvalue weighted by atomic mass is 32.2. The van der Waals surface area contributed by atoms with Gasteiger partial charge in [0.05, 0.1) is 19.2 Å². The number of fused-ring (bicyclic) bond motifs is 1. The second-order valence-electron chi connectivity index (χ2n) is 7.05. The number of hydrogen-bond donors (Lipinski definition) is 0. The van der Waals surface area contributed by atoms with Crippen molar-refractivity contribution in [3.05, 3.63) is 71.3 Å². The van der Waals surface area contributed by atoms with Crippen molar-refractivity contribution < 1.29 is 17.9 Å². The third-order valence-electron chi connectivity index (χ3n) is 5.25. The molecule has 146 valence electrons. The van der Waals surface area contributed by atoms with E-state index < -0.39 is 21.2 Å². The van der Waals surface area contributed by atoms with Crippen molar-refractivity contribution in [1.29, 1.82) is 0 Å². The fourth-order valence-electron chi connectivity index (χ4n) is 3.93. The van der Waals surface area contributed by atoms with Gasteiger partial charge in [0.25, 0.3) is 15.9 Å². The molecule has 2 aliphatic rings. The number of rotatable bonds is 5. The molecule has 2 aromatic carbocycles. The monoisotopic (exact) mass is 398 g/mol. The van der Waals surface area contributed by atoms with Gasteiger partial charge in [0, 0.05) is 7.11 Å². The van der Waals surface area contributed by atoms with Gasteiger partial charge < -0.3 is 4.74 Å². The summed E-state index contributed by atoms with van der Waals surface area (Å²) in [5.74, 6) is -0.540. The molecule has 4 rings (SSSR count). The molecule has 1 aliphatic carbocycles. The lowest BCUT2D eigenvalue weighted by molar-refractivity contribution is -0.119. The summed E-state index contributed by atoms with van der Waals surface area (Å²) in [6.45, 7) is 0.138. The molecule has 28 heavy (non-hydrogen) atoms. The van der Waals surface area contributed by atoms with E-state index in [1.807, 2.05) is 18.2 Å². The van der Waals surface area contributed by atoms with Gasteiger partial charge in [-0.1, -0.05) is 54.6 Å². The average molecular weight is 398 g/mol. The van der Waals surface area contributed by atoms with E-state index in [1.165, 1.54) is 18.2 Å². The first-order valence-electron chi connectivity index (χ1n) is 9.26. The summed E-state index contributed by atoms with van der Waals surface area (Å²) in [4.78, 5) is 17.7. The maximum Gasteiger partial charge on any atom is 0.283 e. The molecule has 6 nitrogen and oxygen atoms in total. The van der Waals surface area contributed by atoms with Crippen LogP contribution in [0.25, 0.3) is 0 Å². The van der Waals surface area contributed by atoms with E-state index in [0.717, 1.165) is 4.31 Å². The van der Waals surface area contributed by atoms with E-state index in [1.54, 1.807) is 24.3 Å². The number of sulfonamides is 1. The number of hydrogen-bond acceptors (Lipinski definition) is 5. The maximum atomic E-state index is 13.2. The molecule has 2 aromatic rings. The first-order chi connectivity index (χ1) is 13.5. The largest absolute Gasteiger partial charge is 0.383 e. The van der Waals surface area contributed by atoms with Crippen molar-refractivity contribution in [2.24, 2.45) is 4.99 Å². The van der Waals surface area contributed by atoms with Crippen LogP contribution >= 0.6 is 0 Å². The normalized spacial score (nSPS) is 22.8. The predicted octanol–water partition coefficient (Wildman–Crippen LogP) is 2.15. The Morgan fingerprint density at radius 2 is 1.64 bits per heavy atom. The van der Waals surface area contributed by atoms with Crippen LogP contribution in [0.3, 0.4) is 0 Å². The number of benzene rings is 2. The molecule has 1 fully saturated rings. The Bertz CT molecular complexity index is 993. The van der Waals surface area contributed by atoms with Crippen LogP contribution < -0.4 is 0 Å². The summed E-state index contributed by atoms with van der Waals surface area (Å²) in [5, 5.41) is -1.07. The Hall–Kier alpha value is -2.51. The fraction of sp³-hybridized carbons (Fsp3) is 0.333. The number of aliphatic imine (C=N–C) groups is 1. The van der Waals surface area contributed by atoms with Gasteiger partial charge in [-0.3, -0.25) is 9.79 Å². The lowest BCUT2D eigenvalue weighted by Gasteiger charge is -2.15. The smallest absolute Gasteiger partial charge is 0.283 e. The molecule has 0 N–H and O–H groups in total. The van der Waals surface area contributed by atoms with Crippen molar-refractivity contribution in [1.82, 2.24) is 4.31 Å². The lowest BCUT2D eigenvalue weighted by atomic mass is 10.1. The minimum absolute atomic E-state index is 0.00902.